The van der Waals surface area contributed by atoms with Crippen molar-refractivity contribution < 1.29 is 14.6 Å². The van der Waals surface area contributed by atoms with E-state index in [4.69, 9.17) is 4.74 Å². The summed E-state index contributed by atoms with van der Waals surface area (Å²) in [5.41, 5.74) is 1.02. The van der Waals surface area contributed by atoms with Gasteiger partial charge in [-0.2, -0.15) is 0 Å². The number of nitrogens with zero attached hydrogens (tertiary/aromatic N) is 2. The van der Waals surface area contributed by atoms with E-state index in [1.807, 2.05) is 17.9 Å². The van der Waals surface area contributed by atoms with E-state index >= 15 is 0 Å². The highest BCUT2D eigenvalue weighted by molar-refractivity contribution is 5.83. The Kier molecular flexibility index (Phi) is 5.77. The average Bonchev–Trinajstić information content (AvgIpc) is 2.64. The largest absolute Gasteiger partial charge is 0.394 e. The third-order valence-corrected chi connectivity index (χ3v) is 5.69. The van der Waals surface area contributed by atoms with Crippen LogP contribution in [0.1, 0.15) is 32.3 Å². The number of amides is 1. The highest BCUT2D eigenvalue weighted by Crippen LogP contribution is 2.35. The van der Waals surface area contributed by atoms with Gasteiger partial charge in [0, 0.05) is 18.5 Å². The highest BCUT2D eigenvalue weighted by Gasteiger charge is 2.42. The molecule has 1 amide bonds. The summed E-state index contributed by atoms with van der Waals surface area (Å²) in [5, 5.41) is 9.36. The van der Waals surface area contributed by atoms with Crippen LogP contribution in [0.25, 0.3) is 0 Å². The summed E-state index contributed by atoms with van der Waals surface area (Å²) >= 11 is 0. The first-order valence-corrected chi connectivity index (χ1v) is 9.31. The molecule has 0 unspecified atom stereocenters. The number of hydrogen-bond donors (Lipinski definition) is 1. The number of benzene rings is 1. The van der Waals surface area contributed by atoms with Crippen molar-refractivity contribution in [1.82, 2.24) is 9.80 Å². The molecule has 0 spiro atoms. The fourth-order valence-corrected chi connectivity index (χ4v) is 3.82. The maximum absolute atomic E-state index is 13.2. The number of piperidine rings is 1. The van der Waals surface area contributed by atoms with E-state index in [-0.39, 0.29) is 30.1 Å². The molecular weight excluding hydrogens is 316 g/mol. The minimum atomic E-state index is -0.307. The normalized spacial score (nSPS) is 27.2. The molecule has 5 nitrogen and oxygen atoms in total. The Balaban J connectivity index is 1.58. The molecule has 2 saturated heterocycles. The first kappa shape index (κ1) is 18.4. The fourth-order valence-electron chi connectivity index (χ4n) is 3.82. The second-order valence-electron chi connectivity index (χ2n) is 7.77. The zero-order valence-electron chi connectivity index (χ0n) is 15.4. The lowest BCUT2D eigenvalue weighted by Gasteiger charge is -2.45. The molecule has 25 heavy (non-hydrogen) atoms. The van der Waals surface area contributed by atoms with E-state index in [9.17, 15) is 9.90 Å². The van der Waals surface area contributed by atoms with Crippen LogP contribution in [-0.2, 0) is 16.1 Å². The third-order valence-electron chi connectivity index (χ3n) is 5.69. The lowest BCUT2D eigenvalue weighted by atomic mass is 9.78. The second-order valence-corrected chi connectivity index (χ2v) is 7.77. The van der Waals surface area contributed by atoms with E-state index in [1.165, 1.54) is 5.56 Å². The first-order chi connectivity index (χ1) is 12.0. The van der Waals surface area contributed by atoms with E-state index in [2.05, 4.69) is 36.1 Å². The maximum Gasteiger partial charge on any atom is 0.229 e. The van der Waals surface area contributed by atoms with Gasteiger partial charge in [-0.25, -0.2) is 0 Å². The van der Waals surface area contributed by atoms with Crippen LogP contribution in [0.5, 0.6) is 0 Å². The predicted octanol–water partition coefficient (Wildman–Crippen LogP) is 1.90. The first-order valence-electron chi connectivity index (χ1n) is 9.31. The van der Waals surface area contributed by atoms with Crippen LogP contribution >= 0.6 is 0 Å². The van der Waals surface area contributed by atoms with Crippen molar-refractivity contribution in [1.29, 1.82) is 0 Å². The van der Waals surface area contributed by atoms with Crippen LogP contribution in [0.15, 0.2) is 30.3 Å². The molecule has 1 N–H and O–H groups in total. The van der Waals surface area contributed by atoms with Crippen LogP contribution in [0.4, 0.5) is 0 Å². The molecule has 2 aliphatic rings. The Bertz CT molecular complexity index is 570. The fraction of sp³-hybridized carbons (Fsp3) is 0.650. The summed E-state index contributed by atoms with van der Waals surface area (Å²) in [4.78, 5) is 17.5. The van der Waals surface area contributed by atoms with E-state index in [0.717, 1.165) is 32.5 Å². The molecule has 138 valence electrons. The number of aliphatic hydroxyl groups excluding tert-OH is 1. The van der Waals surface area contributed by atoms with Gasteiger partial charge < -0.3 is 14.7 Å². The van der Waals surface area contributed by atoms with Gasteiger partial charge in [-0.1, -0.05) is 37.3 Å². The molecule has 2 heterocycles. The molecule has 3 rings (SSSR count). The SMILES string of the molecule is C[C@@H]1CO[C@H](CO)CN1C(=O)C1(C)CCN(Cc2ccccc2)CC1. The van der Waals surface area contributed by atoms with Crippen molar-refractivity contribution in [3.63, 3.8) is 0 Å². The van der Waals surface area contributed by atoms with Crippen LogP contribution < -0.4 is 0 Å². The zero-order chi connectivity index (χ0) is 17.9. The Morgan fingerprint density at radius 3 is 2.60 bits per heavy atom. The number of rotatable bonds is 4. The number of ether oxygens (including phenoxy) is 1. The van der Waals surface area contributed by atoms with Gasteiger partial charge in [0.1, 0.15) is 0 Å². The Labute approximate surface area is 150 Å². The average molecular weight is 346 g/mol. The summed E-state index contributed by atoms with van der Waals surface area (Å²) < 4.78 is 5.57. The van der Waals surface area contributed by atoms with E-state index in [0.29, 0.717) is 13.2 Å². The number of likely N-dealkylation sites (tertiary alicyclic amines) is 1. The van der Waals surface area contributed by atoms with Crippen LogP contribution in [0.3, 0.4) is 0 Å². The lowest BCUT2D eigenvalue weighted by Crippen LogP contribution is -2.57. The van der Waals surface area contributed by atoms with Crippen molar-refractivity contribution in [3.05, 3.63) is 35.9 Å². The number of aliphatic hydroxyl groups is 1. The summed E-state index contributed by atoms with van der Waals surface area (Å²) in [6.07, 6.45) is 1.51. The van der Waals surface area contributed by atoms with Gasteiger partial charge in [0.05, 0.1) is 25.4 Å². The molecule has 0 bridgehead atoms. The summed E-state index contributed by atoms with van der Waals surface area (Å²) in [5.74, 6) is 0.223. The van der Waals surface area contributed by atoms with Crippen LogP contribution in [-0.4, -0.2) is 65.8 Å². The van der Waals surface area contributed by atoms with Gasteiger partial charge in [0.2, 0.25) is 5.91 Å². The smallest absolute Gasteiger partial charge is 0.229 e. The molecule has 0 aliphatic carbocycles. The summed E-state index contributed by atoms with van der Waals surface area (Å²) in [7, 11) is 0. The van der Waals surface area contributed by atoms with Crippen molar-refractivity contribution in [2.75, 3.05) is 32.8 Å². The molecular formula is C20H30N2O3. The number of carbonyl (C=O) groups excluding carboxylic acids is 1. The van der Waals surface area contributed by atoms with Crippen molar-refractivity contribution in [3.8, 4) is 0 Å². The topological polar surface area (TPSA) is 53.0 Å². The highest BCUT2D eigenvalue weighted by atomic mass is 16.5. The van der Waals surface area contributed by atoms with Gasteiger partial charge in [-0.05, 0) is 38.4 Å². The molecule has 2 aliphatic heterocycles. The lowest BCUT2D eigenvalue weighted by molar-refractivity contribution is -0.158. The zero-order valence-corrected chi connectivity index (χ0v) is 15.4. The number of morpholine rings is 1. The van der Waals surface area contributed by atoms with Crippen molar-refractivity contribution >= 4 is 5.91 Å². The Hall–Kier alpha value is -1.43. The van der Waals surface area contributed by atoms with Gasteiger partial charge in [-0.15, -0.1) is 0 Å². The quantitative estimate of drug-likeness (QED) is 0.905. The van der Waals surface area contributed by atoms with Crippen LogP contribution in [0, 0.1) is 5.41 Å². The van der Waals surface area contributed by atoms with Gasteiger partial charge in [0.25, 0.3) is 0 Å². The van der Waals surface area contributed by atoms with Crippen LogP contribution in [0.2, 0.25) is 0 Å². The van der Waals surface area contributed by atoms with Crippen molar-refractivity contribution in [2.24, 2.45) is 5.41 Å². The molecule has 0 aromatic heterocycles. The summed E-state index contributed by atoms with van der Waals surface area (Å²) in [6.45, 7) is 7.94. The van der Waals surface area contributed by atoms with Gasteiger partial charge in [0.15, 0.2) is 0 Å². The third kappa shape index (κ3) is 4.22. The Morgan fingerprint density at radius 2 is 1.96 bits per heavy atom. The molecule has 2 fully saturated rings. The monoisotopic (exact) mass is 346 g/mol. The van der Waals surface area contributed by atoms with Gasteiger partial charge in [-0.3, -0.25) is 9.69 Å². The second kappa shape index (κ2) is 7.85. The summed E-state index contributed by atoms with van der Waals surface area (Å²) in [6, 6.07) is 10.6. The number of carbonyl (C=O) groups is 1. The minimum absolute atomic E-state index is 0.0297. The standard InChI is InChI=1S/C20H30N2O3/c1-16-15-25-18(14-23)13-22(16)19(24)20(2)8-10-21(11-9-20)12-17-6-4-3-5-7-17/h3-7,16,18,23H,8-15H2,1-2H3/t16-,18+/m1/s1. The maximum atomic E-state index is 13.2. The molecule has 0 radical (unpaired) electrons. The van der Waals surface area contributed by atoms with E-state index in [1.54, 1.807) is 0 Å². The van der Waals surface area contributed by atoms with E-state index < -0.39 is 0 Å². The predicted molar refractivity (Wildman–Crippen MR) is 97.1 cm³/mol. The molecule has 2 atom stereocenters. The number of hydrogen-bond acceptors (Lipinski definition) is 4. The Morgan fingerprint density at radius 1 is 1.28 bits per heavy atom. The molecule has 5 heteroatoms. The minimum Gasteiger partial charge on any atom is -0.394 e. The molecule has 1 aromatic rings. The van der Waals surface area contributed by atoms with Gasteiger partial charge >= 0.3 is 0 Å². The molecule has 0 saturated carbocycles. The molecule has 1 aromatic carbocycles. The van der Waals surface area contributed by atoms with Crippen molar-refractivity contribution in [2.45, 2.75) is 45.4 Å².